The number of rotatable bonds is 3. The summed E-state index contributed by atoms with van der Waals surface area (Å²) in [5, 5.41) is 9.22. The molecule has 0 saturated carbocycles. The van der Waals surface area contributed by atoms with Crippen molar-refractivity contribution in [3.8, 4) is 0 Å². The van der Waals surface area contributed by atoms with Crippen LogP contribution in [0.25, 0.3) is 0 Å². The Labute approximate surface area is 102 Å². The van der Waals surface area contributed by atoms with Crippen molar-refractivity contribution in [2.45, 2.75) is 18.4 Å². The Morgan fingerprint density at radius 2 is 2.21 bits per heavy atom. The van der Waals surface area contributed by atoms with Crippen molar-refractivity contribution in [2.24, 2.45) is 0 Å². The minimum atomic E-state index is -2.54. The van der Waals surface area contributed by atoms with Crippen LogP contribution in [0.15, 0.2) is 6.07 Å². The Kier molecular flexibility index (Phi) is 4.65. The summed E-state index contributed by atoms with van der Waals surface area (Å²) >= 11 is 4.96. The molecule has 1 aromatic heterocycles. The molecule has 0 aliphatic rings. The lowest BCUT2D eigenvalue weighted by atomic mass is 10.1. The van der Waals surface area contributed by atoms with Crippen LogP contribution in [0, 0.1) is 3.70 Å². The van der Waals surface area contributed by atoms with Gasteiger partial charge in [0, 0.05) is 10.9 Å². The second-order valence-electron chi connectivity index (χ2n) is 2.55. The monoisotopic (exact) mass is 377 g/mol. The number of aliphatic hydroxyl groups excluding tert-OH is 1. The maximum Gasteiger partial charge on any atom is 0.264 e. The van der Waals surface area contributed by atoms with Crippen LogP contribution in [0.4, 0.5) is 8.78 Å². The van der Waals surface area contributed by atoms with Crippen molar-refractivity contribution in [1.29, 1.82) is 0 Å². The summed E-state index contributed by atoms with van der Waals surface area (Å²) in [6.45, 7) is -0.322. The van der Waals surface area contributed by atoms with E-state index >= 15 is 0 Å². The van der Waals surface area contributed by atoms with Gasteiger partial charge in [0.05, 0.1) is 12.3 Å². The molecule has 0 amide bonds. The van der Waals surface area contributed by atoms with Gasteiger partial charge in [0.1, 0.15) is 3.70 Å². The van der Waals surface area contributed by atoms with Crippen molar-refractivity contribution in [3.05, 3.63) is 26.6 Å². The third-order valence-corrected chi connectivity index (χ3v) is 2.85. The smallest absolute Gasteiger partial charge is 0.264 e. The highest BCUT2D eigenvalue weighted by molar-refractivity contribution is 14.1. The Hall–Kier alpha value is 0.180. The van der Waals surface area contributed by atoms with E-state index in [1.54, 1.807) is 0 Å². The van der Waals surface area contributed by atoms with Gasteiger partial charge in [-0.25, -0.2) is 13.8 Å². The second kappa shape index (κ2) is 5.32. The topological polar surface area (TPSA) is 33.1 Å². The molecule has 2 nitrogen and oxygen atoms in total. The molecule has 0 bridgehead atoms. The molecule has 0 spiro atoms. The van der Waals surface area contributed by atoms with E-state index in [4.69, 9.17) is 5.11 Å². The van der Waals surface area contributed by atoms with Crippen molar-refractivity contribution >= 4 is 38.5 Å². The maximum atomic E-state index is 12.6. The molecule has 1 rings (SSSR count). The number of hydrogen-bond donors (Lipinski definition) is 1. The van der Waals surface area contributed by atoms with E-state index in [0.717, 1.165) is 0 Å². The van der Waals surface area contributed by atoms with Crippen LogP contribution in [0.5, 0.6) is 0 Å². The van der Waals surface area contributed by atoms with E-state index < -0.39 is 6.43 Å². The Morgan fingerprint density at radius 1 is 1.57 bits per heavy atom. The van der Waals surface area contributed by atoms with Crippen LogP contribution in [0.3, 0.4) is 0 Å². The zero-order valence-corrected chi connectivity index (χ0v) is 10.7. The lowest BCUT2D eigenvalue weighted by Crippen LogP contribution is -2.03. The quantitative estimate of drug-likeness (QED) is 0.499. The summed E-state index contributed by atoms with van der Waals surface area (Å²) in [5.74, 6) is 0. The molecule has 0 saturated heterocycles. The van der Waals surface area contributed by atoms with Gasteiger partial charge in [0.2, 0.25) is 0 Å². The molecule has 0 atom stereocenters. The summed E-state index contributed by atoms with van der Waals surface area (Å²) in [6.07, 6.45) is -2.54. The van der Waals surface area contributed by atoms with Gasteiger partial charge in [-0.3, -0.25) is 0 Å². The van der Waals surface area contributed by atoms with Gasteiger partial charge < -0.3 is 5.11 Å². The average Bonchev–Trinajstić information content (AvgIpc) is 2.16. The van der Waals surface area contributed by atoms with Gasteiger partial charge in [0.25, 0.3) is 6.43 Å². The largest absolute Gasteiger partial charge is 0.390 e. The van der Waals surface area contributed by atoms with E-state index in [0.29, 0.717) is 15.0 Å². The van der Waals surface area contributed by atoms with Crippen LogP contribution in [0.2, 0.25) is 0 Å². The van der Waals surface area contributed by atoms with Gasteiger partial charge >= 0.3 is 0 Å². The number of pyridine rings is 1. The molecule has 1 heterocycles. The summed E-state index contributed by atoms with van der Waals surface area (Å²) in [4.78, 5) is 3.98. The van der Waals surface area contributed by atoms with Crippen LogP contribution < -0.4 is 0 Å². The summed E-state index contributed by atoms with van der Waals surface area (Å²) in [6, 6.07) is 1.33. The van der Waals surface area contributed by atoms with Crippen molar-refractivity contribution in [1.82, 2.24) is 4.98 Å². The SMILES string of the molecule is OCc1nc(I)cc(C(F)F)c1CBr. The lowest BCUT2D eigenvalue weighted by Gasteiger charge is -2.10. The summed E-state index contributed by atoms with van der Waals surface area (Å²) < 4.78 is 25.6. The Bertz CT molecular complexity index is 335. The Morgan fingerprint density at radius 3 is 2.64 bits per heavy atom. The minimum Gasteiger partial charge on any atom is -0.390 e. The number of aliphatic hydroxyl groups is 1. The number of alkyl halides is 3. The molecule has 14 heavy (non-hydrogen) atoms. The molecule has 0 fully saturated rings. The van der Waals surface area contributed by atoms with Crippen LogP contribution in [-0.2, 0) is 11.9 Å². The van der Waals surface area contributed by atoms with E-state index in [2.05, 4.69) is 20.9 Å². The van der Waals surface area contributed by atoms with Crippen molar-refractivity contribution < 1.29 is 13.9 Å². The van der Waals surface area contributed by atoms with Crippen molar-refractivity contribution in [2.75, 3.05) is 0 Å². The number of hydrogen-bond acceptors (Lipinski definition) is 2. The highest BCUT2D eigenvalue weighted by Gasteiger charge is 2.17. The zero-order valence-electron chi connectivity index (χ0n) is 6.98. The normalized spacial score (nSPS) is 11.0. The molecule has 0 aromatic carbocycles. The predicted octanol–water partition coefficient (Wildman–Crippen LogP) is 3.01. The summed E-state index contributed by atoms with van der Waals surface area (Å²) in [7, 11) is 0. The van der Waals surface area contributed by atoms with E-state index in [1.807, 2.05) is 22.6 Å². The standard InChI is InChI=1S/C8H7BrF2INO/c9-2-5-4(8(10)11)1-7(12)13-6(5)3-14/h1,8,14H,2-3H2. The fourth-order valence-corrected chi connectivity index (χ4v) is 2.36. The van der Waals surface area contributed by atoms with Gasteiger partial charge in [-0.15, -0.1) is 0 Å². The lowest BCUT2D eigenvalue weighted by molar-refractivity contribution is 0.150. The fraction of sp³-hybridized carbons (Fsp3) is 0.375. The van der Waals surface area contributed by atoms with Crippen LogP contribution >= 0.6 is 38.5 Å². The van der Waals surface area contributed by atoms with Gasteiger partial charge in [-0.05, 0) is 34.2 Å². The van der Waals surface area contributed by atoms with Gasteiger partial charge in [-0.1, -0.05) is 15.9 Å². The molecule has 0 radical (unpaired) electrons. The first-order valence-corrected chi connectivity index (χ1v) is 5.93. The number of halogens is 4. The summed E-state index contributed by atoms with van der Waals surface area (Å²) in [5.41, 5.74) is 0.623. The second-order valence-corrected chi connectivity index (χ2v) is 4.22. The maximum absolute atomic E-state index is 12.6. The third kappa shape index (κ3) is 2.60. The van der Waals surface area contributed by atoms with E-state index in [1.165, 1.54) is 6.07 Å². The first kappa shape index (κ1) is 12.3. The molecule has 1 N–H and O–H groups in total. The molecule has 0 aliphatic carbocycles. The first-order valence-electron chi connectivity index (χ1n) is 3.73. The molecule has 0 unspecified atom stereocenters. The first-order chi connectivity index (χ1) is 6.60. The third-order valence-electron chi connectivity index (χ3n) is 1.73. The predicted molar refractivity (Wildman–Crippen MR) is 60.5 cm³/mol. The van der Waals surface area contributed by atoms with E-state index in [-0.39, 0.29) is 17.5 Å². The molecule has 1 aromatic rings. The number of aromatic nitrogens is 1. The van der Waals surface area contributed by atoms with Gasteiger partial charge in [-0.2, -0.15) is 0 Å². The molecule has 0 aliphatic heterocycles. The number of nitrogens with zero attached hydrogens (tertiary/aromatic N) is 1. The van der Waals surface area contributed by atoms with Crippen LogP contribution in [-0.4, -0.2) is 10.1 Å². The zero-order chi connectivity index (χ0) is 10.7. The molecule has 78 valence electrons. The fourth-order valence-electron chi connectivity index (χ4n) is 1.09. The molecule has 6 heteroatoms. The van der Waals surface area contributed by atoms with E-state index in [9.17, 15) is 8.78 Å². The average molecular weight is 378 g/mol. The Balaban J connectivity index is 3.31. The van der Waals surface area contributed by atoms with Crippen LogP contribution in [0.1, 0.15) is 23.2 Å². The highest BCUT2D eigenvalue weighted by atomic mass is 127. The van der Waals surface area contributed by atoms with Gasteiger partial charge in [0.15, 0.2) is 0 Å². The molecular weight excluding hydrogens is 371 g/mol. The minimum absolute atomic E-state index is 0.0645. The molecular formula is C8H7BrF2INO. The highest BCUT2D eigenvalue weighted by Crippen LogP contribution is 2.27. The van der Waals surface area contributed by atoms with Crippen molar-refractivity contribution in [3.63, 3.8) is 0 Å².